The van der Waals surface area contributed by atoms with Crippen molar-refractivity contribution in [3.05, 3.63) is 24.3 Å². The van der Waals surface area contributed by atoms with Gasteiger partial charge < -0.3 is 4.90 Å². The molecule has 0 aliphatic heterocycles. The zero-order valence-electron chi connectivity index (χ0n) is 11.2. The van der Waals surface area contributed by atoms with Crippen molar-refractivity contribution in [1.29, 1.82) is 0 Å². The lowest BCUT2D eigenvalue weighted by molar-refractivity contribution is 0.287. The van der Waals surface area contributed by atoms with Crippen molar-refractivity contribution in [1.82, 2.24) is 19.9 Å². The summed E-state index contributed by atoms with van der Waals surface area (Å²) < 4.78 is 1.74. The van der Waals surface area contributed by atoms with Crippen molar-refractivity contribution >= 4 is 28.4 Å². The van der Waals surface area contributed by atoms with Crippen LogP contribution in [-0.4, -0.2) is 37.1 Å². The highest BCUT2D eigenvalue weighted by molar-refractivity contribution is 7.80. The summed E-state index contributed by atoms with van der Waals surface area (Å²) in [7, 11) is 0. The SMILES string of the molecule is CC(C)N(C(=S)n1nnc2ccccc21)C(C)C. The molecule has 0 bridgehead atoms. The molecule has 1 heterocycles. The van der Waals surface area contributed by atoms with Crippen LogP contribution in [0.15, 0.2) is 24.3 Å². The van der Waals surface area contributed by atoms with Gasteiger partial charge in [-0.2, -0.15) is 4.68 Å². The average molecular weight is 262 g/mol. The van der Waals surface area contributed by atoms with E-state index in [4.69, 9.17) is 12.2 Å². The van der Waals surface area contributed by atoms with E-state index in [2.05, 4.69) is 42.9 Å². The molecular weight excluding hydrogens is 244 g/mol. The van der Waals surface area contributed by atoms with E-state index >= 15 is 0 Å². The number of aromatic nitrogens is 3. The summed E-state index contributed by atoms with van der Waals surface area (Å²) in [6, 6.07) is 8.52. The van der Waals surface area contributed by atoms with Gasteiger partial charge in [0.15, 0.2) is 5.11 Å². The lowest BCUT2D eigenvalue weighted by Crippen LogP contribution is -2.44. The van der Waals surface area contributed by atoms with Crippen LogP contribution in [0, 0.1) is 0 Å². The molecule has 0 atom stereocenters. The second-order valence-electron chi connectivity index (χ2n) is 4.87. The third kappa shape index (κ3) is 2.22. The van der Waals surface area contributed by atoms with Crippen molar-refractivity contribution in [3.8, 4) is 0 Å². The normalized spacial score (nSPS) is 11.4. The lowest BCUT2D eigenvalue weighted by Gasteiger charge is -2.32. The number of hydrogen-bond donors (Lipinski definition) is 0. The van der Waals surface area contributed by atoms with Crippen LogP contribution < -0.4 is 0 Å². The number of para-hydroxylation sites is 1. The summed E-state index contributed by atoms with van der Waals surface area (Å²) in [5.74, 6) is 0. The topological polar surface area (TPSA) is 34.0 Å². The summed E-state index contributed by atoms with van der Waals surface area (Å²) in [6.45, 7) is 8.52. The van der Waals surface area contributed by atoms with E-state index in [0.29, 0.717) is 17.2 Å². The van der Waals surface area contributed by atoms with Crippen molar-refractivity contribution < 1.29 is 0 Å². The van der Waals surface area contributed by atoms with Gasteiger partial charge in [0.25, 0.3) is 0 Å². The molecule has 0 amide bonds. The first-order chi connectivity index (χ1) is 8.52. The third-order valence-electron chi connectivity index (χ3n) is 2.87. The number of benzene rings is 1. The molecule has 2 aromatic rings. The fourth-order valence-corrected chi connectivity index (χ4v) is 2.71. The highest BCUT2D eigenvalue weighted by Gasteiger charge is 2.20. The molecule has 2 rings (SSSR count). The van der Waals surface area contributed by atoms with Crippen molar-refractivity contribution in [3.63, 3.8) is 0 Å². The van der Waals surface area contributed by atoms with E-state index in [9.17, 15) is 0 Å². The summed E-state index contributed by atoms with van der Waals surface area (Å²) in [5.41, 5.74) is 1.82. The first kappa shape index (κ1) is 13.0. The molecule has 0 unspecified atom stereocenters. The minimum absolute atomic E-state index is 0.334. The van der Waals surface area contributed by atoms with Gasteiger partial charge in [0.2, 0.25) is 0 Å². The number of fused-ring (bicyclic) bond motifs is 1. The van der Waals surface area contributed by atoms with Gasteiger partial charge in [-0.15, -0.1) is 5.10 Å². The molecule has 0 radical (unpaired) electrons. The molecule has 96 valence electrons. The Bertz CT molecular complexity index is 551. The number of hydrogen-bond acceptors (Lipinski definition) is 3. The maximum Gasteiger partial charge on any atom is 0.199 e. The highest BCUT2D eigenvalue weighted by Crippen LogP contribution is 2.14. The molecule has 5 heteroatoms. The number of rotatable bonds is 2. The lowest BCUT2D eigenvalue weighted by atomic mass is 10.2. The Morgan fingerprint density at radius 3 is 2.39 bits per heavy atom. The fraction of sp³-hybridized carbons (Fsp3) is 0.462. The zero-order chi connectivity index (χ0) is 13.3. The first-order valence-electron chi connectivity index (χ1n) is 6.15. The standard InChI is InChI=1S/C13H18N4S/c1-9(2)16(10(3)4)13(18)17-12-8-6-5-7-11(12)14-15-17/h5-10H,1-4H3. The molecule has 0 N–H and O–H groups in total. The quantitative estimate of drug-likeness (QED) is 0.779. The van der Waals surface area contributed by atoms with Crippen LogP contribution in [0.5, 0.6) is 0 Å². The Balaban J connectivity index is 2.44. The smallest absolute Gasteiger partial charge is 0.199 e. The summed E-state index contributed by atoms with van der Waals surface area (Å²) in [6.07, 6.45) is 0. The maximum atomic E-state index is 5.56. The van der Waals surface area contributed by atoms with Crippen molar-refractivity contribution in [2.45, 2.75) is 39.8 Å². The zero-order valence-corrected chi connectivity index (χ0v) is 12.0. The van der Waals surface area contributed by atoms with Crippen LogP contribution in [-0.2, 0) is 0 Å². The predicted octanol–water partition coefficient (Wildman–Crippen LogP) is 2.68. The predicted molar refractivity (Wildman–Crippen MR) is 77.6 cm³/mol. The Labute approximate surface area is 113 Å². The summed E-state index contributed by atoms with van der Waals surface area (Å²) >= 11 is 5.56. The molecule has 1 aromatic carbocycles. The van der Waals surface area contributed by atoms with Gasteiger partial charge in [-0.25, -0.2) is 0 Å². The van der Waals surface area contributed by atoms with Crippen LogP contribution in [0.3, 0.4) is 0 Å². The summed E-state index contributed by atoms with van der Waals surface area (Å²) in [5, 5.41) is 9.01. The second kappa shape index (κ2) is 5.02. The Hall–Kier alpha value is -1.49. The van der Waals surface area contributed by atoms with Gasteiger partial charge in [-0.1, -0.05) is 17.3 Å². The van der Waals surface area contributed by atoms with E-state index in [1.54, 1.807) is 4.68 Å². The van der Waals surface area contributed by atoms with Gasteiger partial charge >= 0.3 is 0 Å². The van der Waals surface area contributed by atoms with Crippen LogP contribution in [0.25, 0.3) is 11.0 Å². The fourth-order valence-electron chi connectivity index (χ4n) is 2.16. The maximum absolute atomic E-state index is 5.56. The molecule has 0 spiro atoms. The molecule has 0 aliphatic carbocycles. The highest BCUT2D eigenvalue weighted by atomic mass is 32.1. The van der Waals surface area contributed by atoms with E-state index < -0.39 is 0 Å². The third-order valence-corrected chi connectivity index (χ3v) is 3.25. The minimum atomic E-state index is 0.334. The molecule has 0 aliphatic rings. The van der Waals surface area contributed by atoms with Crippen molar-refractivity contribution in [2.75, 3.05) is 0 Å². The monoisotopic (exact) mass is 262 g/mol. The molecule has 1 aromatic heterocycles. The van der Waals surface area contributed by atoms with Gasteiger partial charge in [-0.3, -0.25) is 0 Å². The Morgan fingerprint density at radius 1 is 1.17 bits per heavy atom. The molecule has 0 fully saturated rings. The van der Waals surface area contributed by atoms with Crippen molar-refractivity contribution in [2.24, 2.45) is 0 Å². The second-order valence-corrected chi connectivity index (χ2v) is 5.23. The number of nitrogens with zero attached hydrogens (tertiary/aromatic N) is 4. The minimum Gasteiger partial charge on any atom is -0.343 e. The molecular formula is C13H18N4S. The molecule has 4 nitrogen and oxygen atoms in total. The van der Waals surface area contributed by atoms with Crippen LogP contribution >= 0.6 is 12.2 Å². The van der Waals surface area contributed by atoms with Gasteiger partial charge in [-0.05, 0) is 52.0 Å². The van der Waals surface area contributed by atoms with E-state index in [1.165, 1.54) is 0 Å². The largest absolute Gasteiger partial charge is 0.343 e. The van der Waals surface area contributed by atoms with Crippen LogP contribution in [0.2, 0.25) is 0 Å². The van der Waals surface area contributed by atoms with E-state index in [1.807, 2.05) is 24.3 Å². The Kier molecular flexibility index (Phi) is 3.61. The summed E-state index contributed by atoms with van der Waals surface area (Å²) in [4.78, 5) is 2.16. The van der Waals surface area contributed by atoms with Gasteiger partial charge in [0.1, 0.15) is 5.52 Å². The molecule has 0 saturated carbocycles. The number of thiocarbonyl (C=S) groups is 1. The van der Waals surface area contributed by atoms with E-state index in [-0.39, 0.29) is 0 Å². The molecule has 0 saturated heterocycles. The molecule has 18 heavy (non-hydrogen) atoms. The van der Waals surface area contributed by atoms with Gasteiger partial charge in [0, 0.05) is 12.1 Å². The first-order valence-corrected chi connectivity index (χ1v) is 6.56. The van der Waals surface area contributed by atoms with Crippen LogP contribution in [0.4, 0.5) is 0 Å². The van der Waals surface area contributed by atoms with E-state index in [0.717, 1.165) is 11.0 Å². The van der Waals surface area contributed by atoms with Gasteiger partial charge in [0.05, 0.1) is 5.52 Å². The average Bonchev–Trinajstić information content (AvgIpc) is 2.71. The Morgan fingerprint density at radius 2 is 1.78 bits per heavy atom. The van der Waals surface area contributed by atoms with Crippen LogP contribution in [0.1, 0.15) is 27.7 Å².